The molecule has 1 heterocycles. The molecule has 1 aromatic carbocycles. The number of nitrogens with zero attached hydrogens (tertiary/aromatic N) is 2. The summed E-state index contributed by atoms with van der Waals surface area (Å²) >= 11 is 1.37. The van der Waals surface area contributed by atoms with Gasteiger partial charge in [-0.25, -0.2) is 0 Å². The molecule has 0 spiro atoms. The van der Waals surface area contributed by atoms with Gasteiger partial charge in [0.25, 0.3) is 0 Å². The molecule has 2 rings (SSSR count). The number of amides is 1. The van der Waals surface area contributed by atoms with Crippen molar-refractivity contribution < 1.29 is 9.53 Å². The van der Waals surface area contributed by atoms with Crippen molar-refractivity contribution in [2.24, 2.45) is 0 Å². The zero-order valence-corrected chi connectivity index (χ0v) is 12.4. The second-order valence-electron chi connectivity index (χ2n) is 4.25. The van der Waals surface area contributed by atoms with Gasteiger partial charge in [0, 0.05) is 6.42 Å². The predicted molar refractivity (Wildman–Crippen MR) is 79.2 cm³/mol. The molecule has 6 heteroatoms. The van der Waals surface area contributed by atoms with Gasteiger partial charge in [-0.3, -0.25) is 4.79 Å². The Labute approximate surface area is 122 Å². The minimum Gasteiger partial charge on any atom is -0.494 e. The van der Waals surface area contributed by atoms with Crippen LogP contribution in [0.25, 0.3) is 0 Å². The molecule has 0 bridgehead atoms. The van der Waals surface area contributed by atoms with E-state index in [0.29, 0.717) is 24.6 Å². The Hall–Kier alpha value is -1.95. The van der Waals surface area contributed by atoms with Crippen molar-refractivity contribution in [3.63, 3.8) is 0 Å². The van der Waals surface area contributed by atoms with E-state index in [9.17, 15) is 4.79 Å². The van der Waals surface area contributed by atoms with E-state index in [-0.39, 0.29) is 5.91 Å². The van der Waals surface area contributed by atoms with Crippen LogP contribution in [0.2, 0.25) is 0 Å². The summed E-state index contributed by atoms with van der Waals surface area (Å²) in [4.78, 5) is 11.8. The Balaban J connectivity index is 1.80. The van der Waals surface area contributed by atoms with Crippen LogP contribution in [-0.4, -0.2) is 22.7 Å². The van der Waals surface area contributed by atoms with Crippen molar-refractivity contribution >= 4 is 22.4 Å². The minimum absolute atomic E-state index is 0.0463. The first-order valence-electron chi connectivity index (χ1n) is 6.49. The monoisotopic (exact) mass is 291 g/mol. The zero-order chi connectivity index (χ0) is 14.4. The lowest BCUT2D eigenvalue weighted by Crippen LogP contribution is -2.12. The number of benzene rings is 1. The van der Waals surface area contributed by atoms with Crippen molar-refractivity contribution in [1.82, 2.24) is 10.2 Å². The normalized spacial score (nSPS) is 10.3. The van der Waals surface area contributed by atoms with Crippen LogP contribution in [0, 0.1) is 6.92 Å². The molecule has 2 aromatic rings. The maximum Gasteiger partial charge on any atom is 0.226 e. The first kappa shape index (κ1) is 14.5. The smallest absolute Gasteiger partial charge is 0.226 e. The lowest BCUT2D eigenvalue weighted by molar-refractivity contribution is -0.116. The molecule has 0 aliphatic rings. The topological polar surface area (TPSA) is 64.1 Å². The summed E-state index contributed by atoms with van der Waals surface area (Å²) in [6, 6.07) is 7.80. The van der Waals surface area contributed by atoms with Crippen LogP contribution in [0.3, 0.4) is 0 Å². The van der Waals surface area contributed by atoms with Crippen molar-refractivity contribution in [3.05, 3.63) is 34.8 Å². The van der Waals surface area contributed by atoms with E-state index in [0.717, 1.165) is 16.3 Å². The first-order chi connectivity index (χ1) is 9.67. The molecule has 20 heavy (non-hydrogen) atoms. The third-order valence-corrected chi connectivity index (χ3v) is 3.40. The van der Waals surface area contributed by atoms with Crippen molar-refractivity contribution in [1.29, 1.82) is 0 Å². The molecule has 0 radical (unpaired) electrons. The molecule has 0 atom stereocenters. The third-order valence-electron chi connectivity index (χ3n) is 2.65. The highest BCUT2D eigenvalue weighted by Gasteiger charge is 2.06. The standard InChI is InChI=1S/C14H17N3O2S/c1-3-19-12-7-4-11(5-8-12)6-9-13(18)15-14-17-16-10(2)20-14/h4-5,7-8H,3,6,9H2,1-2H3,(H,15,17,18). The van der Waals surface area contributed by atoms with Gasteiger partial charge in [-0.2, -0.15) is 0 Å². The number of hydrogen-bond donors (Lipinski definition) is 1. The molecule has 0 aliphatic heterocycles. The molecule has 5 nitrogen and oxygen atoms in total. The largest absolute Gasteiger partial charge is 0.494 e. The van der Waals surface area contributed by atoms with Gasteiger partial charge in [0.1, 0.15) is 10.8 Å². The Morgan fingerprint density at radius 3 is 2.65 bits per heavy atom. The Bertz CT molecular complexity index is 566. The second-order valence-corrected chi connectivity index (χ2v) is 5.43. The van der Waals surface area contributed by atoms with E-state index >= 15 is 0 Å². The van der Waals surface area contributed by atoms with Gasteiger partial charge in [0.15, 0.2) is 0 Å². The number of ether oxygens (including phenoxy) is 1. The summed E-state index contributed by atoms with van der Waals surface area (Å²) in [6.07, 6.45) is 1.11. The average molecular weight is 291 g/mol. The summed E-state index contributed by atoms with van der Waals surface area (Å²) in [6.45, 7) is 4.46. The Morgan fingerprint density at radius 1 is 1.30 bits per heavy atom. The average Bonchev–Trinajstić information content (AvgIpc) is 2.84. The summed E-state index contributed by atoms with van der Waals surface area (Å²) < 4.78 is 5.37. The van der Waals surface area contributed by atoms with Gasteiger partial charge in [-0.05, 0) is 38.0 Å². The van der Waals surface area contributed by atoms with E-state index in [1.807, 2.05) is 38.1 Å². The van der Waals surface area contributed by atoms with Crippen LogP contribution < -0.4 is 10.1 Å². The number of hydrogen-bond acceptors (Lipinski definition) is 5. The number of nitrogens with one attached hydrogen (secondary N) is 1. The van der Waals surface area contributed by atoms with Crippen LogP contribution >= 0.6 is 11.3 Å². The van der Waals surface area contributed by atoms with Crippen LogP contribution in [0.4, 0.5) is 5.13 Å². The second kappa shape index (κ2) is 7.00. The maximum absolute atomic E-state index is 11.8. The van der Waals surface area contributed by atoms with Crippen molar-refractivity contribution in [3.8, 4) is 5.75 Å². The molecule has 1 N–H and O–H groups in total. The fourth-order valence-electron chi connectivity index (χ4n) is 1.71. The SMILES string of the molecule is CCOc1ccc(CCC(=O)Nc2nnc(C)s2)cc1. The van der Waals surface area contributed by atoms with Gasteiger partial charge in [-0.15, -0.1) is 10.2 Å². The quantitative estimate of drug-likeness (QED) is 0.889. The lowest BCUT2D eigenvalue weighted by Gasteiger charge is -2.05. The van der Waals surface area contributed by atoms with E-state index in [1.165, 1.54) is 11.3 Å². The van der Waals surface area contributed by atoms with Gasteiger partial charge in [0.2, 0.25) is 11.0 Å². The van der Waals surface area contributed by atoms with Crippen LogP contribution in [0.1, 0.15) is 23.9 Å². The van der Waals surface area contributed by atoms with Gasteiger partial charge < -0.3 is 10.1 Å². The zero-order valence-electron chi connectivity index (χ0n) is 11.5. The molecule has 0 aliphatic carbocycles. The summed E-state index contributed by atoms with van der Waals surface area (Å²) in [7, 11) is 0. The Morgan fingerprint density at radius 2 is 2.05 bits per heavy atom. The van der Waals surface area contributed by atoms with Crippen molar-refractivity contribution in [2.75, 3.05) is 11.9 Å². The molecular formula is C14H17N3O2S. The van der Waals surface area contributed by atoms with Gasteiger partial charge in [0.05, 0.1) is 6.61 Å². The van der Waals surface area contributed by atoms with E-state index in [2.05, 4.69) is 15.5 Å². The van der Waals surface area contributed by atoms with Gasteiger partial charge >= 0.3 is 0 Å². The predicted octanol–water partition coefficient (Wildman–Crippen LogP) is 2.82. The van der Waals surface area contributed by atoms with E-state index < -0.39 is 0 Å². The number of carbonyl (C=O) groups is 1. The molecule has 0 unspecified atom stereocenters. The molecule has 0 fully saturated rings. The molecule has 1 amide bonds. The highest BCUT2D eigenvalue weighted by atomic mass is 32.1. The molecule has 0 saturated carbocycles. The fourth-order valence-corrected chi connectivity index (χ4v) is 2.31. The third kappa shape index (κ3) is 4.31. The Kier molecular flexibility index (Phi) is 5.06. The maximum atomic E-state index is 11.8. The first-order valence-corrected chi connectivity index (χ1v) is 7.30. The van der Waals surface area contributed by atoms with Crippen LogP contribution in [0.15, 0.2) is 24.3 Å². The van der Waals surface area contributed by atoms with E-state index in [4.69, 9.17) is 4.74 Å². The highest BCUT2D eigenvalue weighted by Crippen LogP contribution is 2.15. The molecule has 1 aromatic heterocycles. The number of rotatable bonds is 6. The summed E-state index contributed by atoms with van der Waals surface area (Å²) in [5, 5.41) is 11.9. The minimum atomic E-state index is -0.0463. The van der Waals surface area contributed by atoms with Crippen LogP contribution in [0.5, 0.6) is 5.75 Å². The lowest BCUT2D eigenvalue weighted by atomic mass is 10.1. The number of carbonyl (C=O) groups excluding carboxylic acids is 1. The summed E-state index contributed by atoms with van der Waals surface area (Å²) in [5.41, 5.74) is 1.11. The number of anilines is 1. The number of aryl methyl sites for hydroxylation is 2. The van der Waals surface area contributed by atoms with Crippen LogP contribution in [-0.2, 0) is 11.2 Å². The fraction of sp³-hybridized carbons (Fsp3) is 0.357. The van der Waals surface area contributed by atoms with Crippen molar-refractivity contribution in [2.45, 2.75) is 26.7 Å². The summed E-state index contributed by atoms with van der Waals surface area (Å²) in [5.74, 6) is 0.806. The molecule has 106 valence electrons. The highest BCUT2D eigenvalue weighted by molar-refractivity contribution is 7.15. The molecular weight excluding hydrogens is 274 g/mol. The number of aromatic nitrogens is 2. The van der Waals surface area contributed by atoms with Gasteiger partial charge in [-0.1, -0.05) is 23.5 Å². The molecule has 0 saturated heterocycles. The van der Waals surface area contributed by atoms with E-state index in [1.54, 1.807) is 0 Å².